The van der Waals surface area contributed by atoms with Crippen molar-refractivity contribution in [1.29, 1.82) is 0 Å². The number of aromatic hydroxyl groups is 2. The van der Waals surface area contributed by atoms with Crippen molar-refractivity contribution in [3.05, 3.63) is 57.6 Å². The van der Waals surface area contributed by atoms with Gasteiger partial charge in [-0.15, -0.1) is 0 Å². The first-order chi connectivity index (χ1) is 13.5. The maximum atomic E-state index is 10.8. The topological polar surface area (TPSA) is 121 Å². The second kappa shape index (κ2) is 10.3. The normalized spacial score (nSPS) is 11.1. The summed E-state index contributed by atoms with van der Waals surface area (Å²) < 4.78 is 0. The van der Waals surface area contributed by atoms with Gasteiger partial charge in [-0.25, -0.2) is 0 Å². The molecule has 7 heteroatoms. The largest absolute Gasteiger partial charge is 2.00 e. The van der Waals surface area contributed by atoms with Crippen molar-refractivity contribution >= 4 is 11.9 Å². The Morgan fingerprint density at radius 3 is 1.13 bits per heavy atom. The second-order valence-corrected chi connectivity index (χ2v) is 9.45. The maximum Gasteiger partial charge on any atom is 2.00 e. The fourth-order valence-electron chi connectivity index (χ4n) is 2.74. The van der Waals surface area contributed by atoms with Crippen molar-refractivity contribution in [2.75, 3.05) is 0 Å². The average Bonchev–Trinajstić information content (AvgIpc) is 2.57. The zero-order chi connectivity index (χ0) is 23.6. The molecule has 2 rings (SSSR count). The molecule has 0 unspecified atom stereocenters. The second-order valence-electron chi connectivity index (χ2n) is 9.45. The third-order valence-corrected chi connectivity index (χ3v) is 4.77. The van der Waals surface area contributed by atoms with Crippen LogP contribution in [0.1, 0.15) is 84.5 Å². The zero-order valence-corrected chi connectivity index (χ0v) is 22.5. The third-order valence-electron chi connectivity index (χ3n) is 4.77. The predicted molar refractivity (Wildman–Crippen MR) is 112 cm³/mol. The summed E-state index contributed by atoms with van der Waals surface area (Å²) in [7, 11) is 0. The number of benzene rings is 2. The van der Waals surface area contributed by atoms with E-state index in [1.54, 1.807) is 26.0 Å². The molecule has 0 bridgehead atoms. The summed E-state index contributed by atoms with van der Waals surface area (Å²) in [4.78, 5) is 21.6. The molecule has 0 fully saturated rings. The number of carboxylic acid groups (broad SMARTS) is 2. The van der Waals surface area contributed by atoms with Crippen LogP contribution in [0.15, 0.2) is 24.3 Å². The van der Waals surface area contributed by atoms with E-state index in [4.69, 9.17) is 0 Å². The Hall–Kier alpha value is -2.40. The molecule has 164 valence electrons. The Kier molecular flexibility index (Phi) is 9.48. The molecule has 6 nitrogen and oxygen atoms in total. The first-order valence-electron chi connectivity index (χ1n) is 9.57. The first-order valence-corrected chi connectivity index (χ1v) is 9.57. The van der Waals surface area contributed by atoms with Gasteiger partial charge in [-0.2, -0.15) is 0 Å². The summed E-state index contributed by atoms with van der Waals surface area (Å²) in [5.74, 6) is -3.10. The Bertz CT molecular complexity index is 886. The van der Waals surface area contributed by atoms with E-state index in [1.165, 1.54) is 12.1 Å². The van der Waals surface area contributed by atoms with E-state index in [2.05, 4.69) is 0 Å². The van der Waals surface area contributed by atoms with Crippen molar-refractivity contribution in [2.45, 2.75) is 66.2 Å². The van der Waals surface area contributed by atoms with Gasteiger partial charge in [0.05, 0.1) is 11.9 Å². The summed E-state index contributed by atoms with van der Waals surface area (Å²) in [6.07, 6.45) is 0. The number of hydrogen-bond acceptors (Lipinski definition) is 6. The minimum absolute atomic E-state index is 0. The Morgan fingerprint density at radius 2 is 0.935 bits per heavy atom. The van der Waals surface area contributed by atoms with E-state index in [9.17, 15) is 30.0 Å². The number of carboxylic acids is 2. The van der Waals surface area contributed by atoms with Gasteiger partial charge in [0.1, 0.15) is 11.5 Å². The molecule has 2 N–H and O–H groups in total. The summed E-state index contributed by atoms with van der Waals surface area (Å²) in [6, 6.07) is 6.53. The number of carbonyl (C=O) groups is 2. The van der Waals surface area contributed by atoms with Gasteiger partial charge in [-0.3, -0.25) is 0 Å². The van der Waals surface area contributed by atoms with E-state index in [-0.39, 0.29) is 52.9 Å². The Balaban J connectivity index is 0.000000562. The van der Waals surface area contributed by atoms with Crippen molar-refractivity contribution < 1.29 is 49.5 Å². The summed E-state index contributed by atoms with van der Waals surface area (Å²) in [5, 5.41) is 40.6. The van der Waals surface area contributed by atoms with E-state index >= 15 is 0 Å². The number of hydrogen-bond donors (Lipinski definition) is 2. The van der Waals surface area contributed by atoms with Gasteiger partial charge in [0.2, 0.25) is 0 Å². The molecule has 31 heavy (non-hydrogen) atoms. The number of rotatable bonds is 2. The summed E-state index contributed by atoms with van der Waals surface area (Å²) in [6.45, 7) is 15.3. The van der Waals surface area contributed by atoms with E-state index in [0.717, 1.165) is 11.1 Å². The molecule has 0 aliphatic rings. The van der Waals surface area contributed by atoms with Crippen LogP contribution in [0.3, 0.4) is 0 Å². The van der Waals surface area contributed by atoms with Gasteiger partial charge in [0.25, 0.3) is 0 Å². The summed E-state index contributed by atoms with van der Waals surface area (Å²) >= 11 is 0. The minimum atomic E-state index is -1.35. The molecule has 0 saturated carbocycles. The van der Waals surface area contributed by atoms with Crippen molar-refractivity contribution in [3.63, 3.8) is 0 Å². The van der Waals surface area contributed by atoms with Crippen molar-refractivity contribution in [2.24, 2.45) is 0 Å². The van der Waals surface area contributed by atoms with Crippen LogP contribution in [0.2, 0.25) is 0 Å². The van der Waals surface area contributed by atoms with Crippen LogP contribution in [0, 0.1) is 13.8 Å². The smallest absolute Gasteiger partial charge is 0.545 e. The molecule has 0 saturated heterocycles. The van der Waals surface area contributed by atoms with Gasteiger partial charge in [-0.1, -0.05) is 53.7 Å². The molecule has 0 radical (unpaired) electrons. The molecular weight excluding hydrogens is 450 g/mol. The first kappa shape index (κ1) is 28.6. The maximum absolute atomic E-state index is 10.8. The van der Waals surface area contributed by atoms with E-state index in [1.807, 2.05) is 41.5 Å². The fourth-order valence-corrected chi connectivity index (χ4v) is 2.74. The van der Waals surface area contributed by atoms with Crippen LogP contribution in [0.5, 0.6) is 11.5 Å². The molecule has 0 aliphatic carbocycles. The molecule has 0 amide bonds. The van der Waals surface area contributed by atoms with Gasteiger partial charge in [-0.05, 0) is 59.1 Å². The van der Waals surface area contributed by atoms with Crippen LogP contribution >= 0.6 is 0 Å². The molecule has 2 aromatic carbocycles. The SMILES string of the molecule is Cc1cc(C(C)(C)C)cc(C(=O)[O-])c1O.Cc1cc(C(C)(C)C)cc(C(=O)[O-])c1O.[Zn+2]. The van der Waals surface area contributed by atoms with Crippen molar-refractivity contribution in [3.8, 4) is 11.5 Å². The summed E-state index contributed by atoms with van der Waals surface area (Å²) in [5.41, 5.74) is 2.28. The van der Waals surface area contributed by atoms with Crippen LogP contribution in [0.4, 0.5) is 0 Å². The van der Waals surface area contributed by atoms with Crippen LogP contribution in [0.25, 0.3) is 0 Å². The average molecular weight is 480 g/mol. The molecule has 0 spiro atoms. The van der Waals surface area contributed by atoms with Crippen LogP contribution < -0.4 is 10.2 Å². The van der Waals surface area contributed by atoms with Gasteiger partial charge in [0, 0.05) is 11.1 Å². The third kappa shape index (κ3) is 7.35. The molecule has 0 aromatic heterocycles. The molecular formula is C24H30O6Zn. The fraction of sp³-hybridized carbons (Fsp3) is 0.417. The van der Waals surface area contributed by atoms with Gasteiger partial charge < -0.3 is 30.0 Å². The minimum Gasteiger partial charge on any atom is -0.545 e. The Labute approximate surface area is 196 Å². The molecule has 0 atom stereocenters. The van der Waals surface area contributed by atoms with Crippen LogP contribution in [-0.4, -0.2) is 22.2 Å². The standard InChI is InChI=1S/2C12H16O3.Zn/c2*1-7-5-8(12(2,3)4)6-9(10(7)13)11(14)15;/h2*5-6,13H,1-4H3,(H,14,15);/q;;+2/p-2. The number of phenols is 2. The molecule has 2 aromatic rings. The number of aromatic carboxylic acids is 2. The number of aryl methyl sites for hydroxylation is 2. The van der Waals surface area contributed by atoms with Gasteiger partial charge in [0.15, 0.2) is 0 Å². The Morgan fingerprint density at radius 1 is 0.677 bits per heavy atom. The van der Waals surface area contributed by atoms with Crippen LogP contribution in [-0.2, 0) is 30.3 Å². The monoisotopic (exact) mass is 478 g/mol. The molecule has 0 heterocycles. The van der Waals surface area contributed by atoms with Gasteiger partial charge >= 0.3 is 19.5 Å². The van der Waals surface area contributed by atoms with E-state index < -0.39 is 11.9 Å². The number of carbonyl (C=O) groups excluding carboxylic acids is 2. The van der Waals surface area contributed by atoms with Crippen molar-refractivity contribution in [1.82, 2.24) is 0 Å². The predicted octanol–water partition coefficient (Wildman–Crippen LogP) is 2.72. The zero-order valence-electron chi connectivity index (χ0n) is 19.5. The quantitative estimate of drug-likeness (QED) is 0.639. The molecule has 0 aliphatic heterocycles. The van der Waals surface area contributed by atoms with E-state index in [0.29, 0.717) is 11.1 Å².